The van der Waals surface area contributed by atoms with E-state index < -0.39 is 0 Å². The predicted molar refractivity (Wildman–Crippen MR) is 71.4 cm³/mol. The first-order valence-corrected chi connectivity index (χ1v) is 6.72. The van der Waals surface area contributed by atoms with Gasteiger partial charge in [0.1, 0.15) is 0 Å². The van der Waals surface area contributed by atoms with Crippen LogP contribution in [0.3, 0.4) is 0 Å². The van der Waals surface area contributed by atoms with E-state index in [9.17, 15) is 0 Å². The molecule has 0 fully saturated rings. The van der Waals surface area contributed by atoms with Gasteiger partial charge in [0.15, 0.2) is 0 Å². The van der Waals surface area contributed by atoms with Crippen molar-refractivity contribution in [3.05, 3.63) is 34.9 Å². The number of rotatable bonds is 4. The van der Waals surface area contributed by atoms with Crippen LogP contribution in [0.25, 0.3) is 0 Å². The number of benzene rings is 1. The van der Waals surface area contributed by atoms with E-state index in [2.05, 4.69) is 30.4 Å². The first-order valence-electron chi connectivity index (χ1n) is 6.72. The summed E-state index contributed by atoms with van der Waals surface area (Å²) in [5, 5.41) is 3.36. The van der Waals surface area contributed by atoms with Crippen LogP contribution < -0.4 is 5.32 Å². The van der Waals surface area contributed by atoms with Crippen molar-refractivity contribution in [2.45, 2.75) is 38.6 Å². The third-order valence-electron chi connectivity index (χ3n) is 3.55. The highest BCUT2D eigenvalue weighted by Gasteiger charge is 2.17. The number of nitrogens with one attached hydrogen (secondary N) is 1. The summed E-state index contributed by atoms with van der Waals surface area (Å²) in [5.74, 6) is 0. The first kappa shape index (κ1) is 12.6. The highest BCUT2D eigenvalue weighted by atomic mass is 16.5. The van der Waals surface area contributed by atoms with Crippen molar-refractivity contribution in [2.24, 2.45) is 0 Å². The lowest BCUT2D eigenvalue weighted by Gasteiger charge is -2.17. The Balaban J connectivity index is 2.23. The van der Waals surface area contributed by atoms with Crippen LogP contribution in [-0.4, -0.2) is 20.3 Å². The molecule has 0 spiro atoms. The molecule has 1 aromatic rings. The third-order valence-corrected chi connectivity index (χ3v) is 3.55. The number of hydrogen-bond acceptors (Lipinski definition) is 2. The minimum atomic E-state index is 0.356. The average molecular weight is 233 g/mol. The molecule has 1 heterocycles. The van der Waals surface area contributed by atoms with E-state index in [4.69, 9.17) is 4.74 Å². The molecular weight excluding hydrogens is 210 g/mol. The van der Waals surface area contributed by atoms with Gasteiger partial charge in [-0.05, 0) is 43.0 Å². The number of ether oxygens (including phenoxy) is 1. The van der Waals surface area contributed by atoms with Gasteiger partial charge in [0.05, 0.1) is 19.3 Å². The van der Waals surface area contributed by atoms with E-state index in [0.717, 1.165) is 19.6 Å². The van der Waals surface area contributed by atoms with Crippen LogP contribution in [0.15, 0.2) is 18.2 Å². The van der Waals surface area contributed by atoms with Crippen LogP contribution >= 0.6 is 0 Å². The fourth-order valence-electron chi connectivity index (χ4n) is 2.44. The maximum absolute atomic E-state index is 5.64. The molecule has 1 unspecified atom stereocenters. The summed E-state index contributed by atoms with van der Waals surface area (Å²) < 4.78 is 5.64. The largest absolute Gasteiger partial charge is 0.379 e. The molecule has 94 valence electrons. The summed E-state index contributed by atoms with van der Waals surface area (Å²) in [5.41, 5.74) is 4.36. The van der Waals surface area contributed by atoms with Crippen molar-refractivity contribution in [1.29, 1.82) is 0 Å². The van der Waals surface area contributed by atoms with Gasteiger partial charge in [-0.1, -0.05) is 31.5 Å². The molecule has 2 nitrogen and oxygen atoms in total. The number of unbranched alkanes of at least 4 members (excludes halogenated alkanes) is 1. The van der Waals surface area contributed by atoms with Crippen LogP contribution in [-0.2, 0) is 17.6 Å². The van der Waals surface area contributed by atoms with Gasteiger partial charge >= 0.3 is 0 Å². The molecule has 1 aliphatic rings. The Hall–Kier alpha value is -0.860. The molecule has 0 aliphatic carbocycles. The summed E-state index contributed by atoms with van der Waals surface area (Å²) in [6.07, 6.45) is 4.78. The SMILES string of the molecule is CCCCc1ccc2c(c1)C(NC)COCC2. The van der Waals surface area contributed by atoms with Crippen LogP contribution in [0.2, 0.25) is 0 Å². The number of likely N-dealkylation sites (N-methyl/N-ethyl adjacent to an activating group) is 1. The molecule has 0 radical (unpaired) electrons. The van der Waals surface area contributed by atoms with Crippen molar-refractivity contribution in [3.63, 3.8) is 0 Å². The topological polar surface area (TPSA) is 21.3 Å². The molecule has 0 saturated heterocycles. The minimum absolute atomic E-state index is 0.356. The zero-order chi connectivity index (χ0) is 12.1. The molecule has 0 bridgehead atoms. The van der Waals surface area contributed by atoms with Crippen LogP contribution in [0.4, 0.5) is 0 Å². The van der Waals surface area contributed by atoms with Gasteiger partial charge in [-0.25, -0.2) is 0 Å². The van der Waals surface area contributed by atoms with E-state index in [1.165, 1.54) is 36.0 Å². The van der Waals surface area contributed by atoms with Crippen molar-refractivity contribution >= 4 is 0 Å². The van der Waals surface area contributed by atoms with E-state index in [1.807, 2.05) is 7.05 Å². The zero-order valence-corrected chi connectivity index (χ0v) is 11.0. The van der Waals surface area contributed by atoms with E-state index in [0.29, 0.717) is 6.04 Å². The molecule has 1 aromatic carbocycles. The molecule has 1 aliphatic heterocycles. The number of aryl methyl sites for hydroxylation is 1. The fourth-order valence-corrected chi connectivity index (χ4v) is 2.44. The summed E-state index contributed by atoms with van der Waals surface area (Å²) in [4.78, 5) is 0. The standard InChI is InChI=1S/C15H23NO/c1-3-4-5-12-6-7-13-8-9-17-11-15(16-2)14(13)10-12/h6-7,10,15-16H,3-5,8-9,11H2,1-2H3. The van der Waals surface area contributed by atoms with Crippen molar-refractivity contribution < 1.29 is 4.74 Å². The smallest absolute Gasteiger partial charge is 0.0661 e. The van der Waals surface area contributed by atoms with Gasteiger partial charge in [-0.15, -0.1) is 0 Å². The molecule has 2 rings (SSSR count). The molecule has 2 heteroatoms. The lowest BCUT2D eigenvalue weighted by atomic mass is 9.95. The highest BCUT2D eigenvalue weighted by Crippen LogP contribution is 2.24. The maximum Gasteiger partial charge on any atom is 0.0661 e. The summed E-state index contributed by atoms with van der Waals surface area (Å²) >= 11 is 0. The second kappa shape index (κ2) is 6.18. The van der Waals surface area contributed by atoms with Crippen LogP contribution in [0.1, 0.15) is 42.5 Å². The van der Waals surface area contributed by atoms with Gasteiger partial charge in [0.2, 0.25) is 0 Å². The second-order valence-corrected chi connectivity index (χ2v) is 4.80. The highest BCUT2D eigenvalue weighted by molar-refractivity contribution is 5.35. The molecule has 1 N–H and O–H groups in total. The van der Waals surface area contributed by atoms with E-state index in [-0.39, 0.29) is 0 Å². The van der Waals surface area contributed by atoms with Crippen molar-refractivity contribution in [1.82, 2.24) is 5.32 Å². The van der Waals surface area contributed by atoms with Gasteiger partial charge in [-0.3, -0.25) is 0 Å². The molecule has 17 heavy (non-hydrogen) atoms. The van der Waals surface area contributed by atoms with Gasteiger partial charge < -0.3 is 10.1 Å². The van der Waals surface area contributed by atoms with Gasteiger partial charge in [-0.2, -0.15) is 0 Å². The molecule has 0 saturated carbocycles. The van der Waals surface area contributed by atoms with Crippen LogP contribution in [0, 0.1) is 0 Å². The van der Waals surface area contributed by atoms with Crippen molar-refractivity contribution in [2.75, 3.05) is 20.3 Å². The summed E-state index contributed by atoms with van der Waals surface area (Å²) in [6, 6.07) is 7.31. The molecule has 1 atom stereocenters. The second-order valence-electron chi connectivity index (χ2n) is 4.80. The lowest BCUT2D eigenvalue weighted by Crippen LogP contribution is -2.21. The molecular formula is C15H23NO. The Morgan fingerprint density at radius 2 is 2.29 bits per heavy atom. The molecule has 0 aromatic heterocycles. The van der Waals surface area contributed by atoms with Gasteiger partial charge in [0.25, 0.3) is 0 Å². The Morgan fingerprint density at radius 1 is 1.41 bits per heavy atom. The Morgan fingerprint density at radius 3 is 3.06 bits per heavy atom. The minimum Gasteiger partial charge on any atom is -0.379 e. The quantitative estimate of drug-likeness (QED) is 0.863. The summed E-state index contributed by atoms with van der Waals surface area (Å²) in [6.45, 7) is 3.88. The number of hydrogen-bond donors (Lipinski definition) is 1. The van der Waals surface area contributed by atoms with E-state index >= 15 is 0 Å². The van der Waals surface area contributed by atoms with Gasteiger partial charge in [0, 0.05) is 0 Å². The zero-order valence-electron chi connectivity index (χ0n) is 11.0. The summed E-state index contributed by atoms with van der Waals surface area (Å²) in [7, 11) is 2.02. The Labute approximate surface area is 104 Å². The van der Waals surface area contributed by atoms with Crippen LogP contribution in [0.5, 0.6) is 0 Å². The Kier molecular flexibility index (Phi) is 4.57. The average Bonchev–Trinajstić information content (AvgIpc) is 2.57. The van der Waals surface area contributed by atoms with E-state index in [1.54, 1.807) is 0 Å². The molecule has 0 amide bonds. The first-order chi connectivity index (χ1) is 8.35. The lowest BCUT2D eigenvalue weighted by molar-refractivity contribution is 0.123. The fraction of sp³-hybridized carbons (Fsp3) is 0.600. The third kappa shape index (κ3) is 3.08. The van der Waals surface area contributed by atoms with Crippen molar-refractivity contribution in [3.8, 4) is 0 Å². The maximum atomic E-state index is 5.64. The normalized spacial score (nSPS) is 19.8. The Bertz CT molecular complexity index is 362. The number of fused-ring (bicyclic) bond motifs is 1. The monoisotopic (exact) mass is 233 g/mol. The predicted octanol–water partition coefficient (Wildman–Crippen LogP) is 2.86.